The van der Waals surface area contributed by atoms with Crippen LogP contribution in [0.1, 0.15) is 25.7 Å². The molecule has 3 aliphatic heterocycles. The van der Waals surface area contributed by atoms with Gasteiger partial charge in [-0.05, 0) is 52.4 Å². The third kappa shape index (κ3) is 3.00. The van der Waals surface area contributed by atoms with Crippen LogP contribution in [0.3, 0.4) is 0 Å². The highest BCUT2D eigenvalue weighted by molar-refractivity contribution is 5.79. The molecular weight excluding hydrogens is 252 g/mol. The smallest absolute Gasteiger partial charge is 0.227 e. The van der Waals surface area contributed by atoms with Crippen molar-refractivity contribution >= 4 is 5.91 Å². The molecule has 0 spiro atoms. The van der Waals surface area contributed by atoms with Gasteiger partial charge in [-0.25, -0.2) is 0 Å². The molecule has 0 aromatic rings. The van der Waals surface area contributed by atoms with E-state index in [0.29, 0.717) is 18.0 Å². The first kappa shape index (κ1) is 14.3. The van der Waals surface area contributed by atoms with Crippen LogP contribution in [0.5, 0.6) is 0 Å². The van der Waals surface area contributed by atoms with Crippen LogP contribution in [0.25, 0.3) is 0 Å². The Kier molecular flexibility index (Phi) is 4.29. The Morgan fingerprint density at radius 3 is 2.40 bits per heavy atom. The maximum absolute atomic E-state index is 12.5. The minimum atomic E-state index is 0.244. The van der Waals surface area contributed by atoms with E-state index < -0.39 is 0 Å². The molecule has 2 atom stereocenters. The van der Waals surface area contributed by atoms with Gasteiger partial charge in [-0.2, -0.15) is 0 Å². The summed E-state index contributed by atoms with van der Waals surface area (Å²) in [5, 5.41) is 0. The molecule has 3 saturated heterocycles. The number of carbonyl (C=O) groups excluding carboxylic acids is 1. The highest BCUT2D eigenvalue weighted by Crippen LogP contribution is 2.24. The van der Waals surface area contributed by atoms with E-state index in [2.05, 4.69) is 21.7 Å². The second-order valence-corrected chi connectivity index (χ2v) is 6.85. The molecule has 0 radical (unpaired) electrons. The molecule has 5 nitrogen and oxygen atoms in total. The van der Waals surface area contributed by atoms with E-state index in [1.807, 2.05) is 0 Å². The molecular formula is C15H28N4O. The summed E-state index contributed by atoms with van der Waals surface area (Å²) in [5.41, 5.74) is 5.97. The predicted molar refractivity (Wildman–Crippen MR) is 79.4 cm³/mol. The molecule has 3 aliphatic rings. The lowest BCUT2D eigenvalue weighted by atomic mass is 10.0. The number of likely N-dealkylation sites (tertiary alicyclic amines) is 3. The van der Waals surface area contributed by atoms with Crippen molar-refractivity contribution in [1.82, 2.24) is 14.7 Å². The SMILES string of the molecule is CN1CCC(C(=O)N2CCC(N3CCC(N)CC3)C2)C1. The summed E-state index contributed by atoms with van der Waals surface area (Å²) in [5.74, 6) is 0.638. The van der Waals surface area contributed by atoms with Crippen LogP contribution in [0.4, 0.5) is 0 Å². The third-order valence-electron chi connectivity index (χ3n) is 5.31. The molecule has 2 unspecified atom stereocenters. The van der Waals surface area contributed by atoms with Crippen molar-refractivity contribution in [3.8, 4) is 0 Å². The van der Waals surface area contributed by atoms with E-state index in [0.717, 1.165) is 65.0 Å². The Morgan fingerprint density at radius 1 is 1.00 bits per heavy atom. The van der Waals surface area contributed by atoms with E-state index in [1.165, 1.54) is 0 Å². The fourth-order valence-corrected chi connectivity index (χ4v) is 3.92. The third-order valence-corrected chi connectivity index (χ3v) is 5.31. The topological polar surface area (TPSA) is 52.8 Å². The van der Waals surface area contributed by atoms with Crippen molar-refractivity contribution in [2.24, 2.45) is 11.7 Å². The van der Waals surface area contributed by atoms with Gasteiger partial charge in [-0.3, -0.25) is 9.69 Å². The van der Waals surface area contributed by atoms with E-state index in [-0.39, 0.29) is 5.92 Å². The molecule has 0 aromatic carbocycles. The van der Waals surface area contributed by atoms with Gasteiger partial charge in [0.25, 0.3) is 0 Å². The number of piperidine rings is 1. The molecule has 0 aromatic heterocycles. The monoisotopic (exact) mass is 280 g/mol. The number of rotatable bonds is 2. The lowest BCUT2D eigenvalue weighted by Crippen LogP contribution is -2.46. The summed E-state index contributed by atoms with van der Waals surface area (Å²) < 4.78 is 0. The molecule has 3 rings (SSSR count). The van der Waals surface area contributed by atoms with Gasteiger partial charge in [-0.15, -0.1) is 0 Å². The molecule has 3 fully saturated rings. The quantitative estimate of drug-likeness (QED) is 0.771. The van der Waals surface area contributed by atoms with Crippen LogP contribution < -0.4 is 5.73 Å². The van der Waals surface area contributed by atoms with Gasteiger partial charge >= 0.3 is 0 Å². The lowest BCUT2D eigenvalue weighted by molar-refractivity contribution is -0.134. The molecule has 0 bridgehead atoms. The van der Waals surface area contributed by atoms with Crippen molar-refractivity contribution in [1.29, 1.82) is 0 Å². The summed E-state index contributed by atoms with van der Waals surface area (Å²) in [4.78, 5) is 19.5. The van der Waals surface area contributed by atoms with Crippen molar-refractivity contribution < 1.29 is 4.79 Å². The maximum Gasteiger partial charge on any atom is 0.227 e. The number of hydrogen-bond acceptors (Lipinski definition) is 4. The van der Waals surface area contributed by atoms with Crippen LogP contribution in [0, 0.1) is 5.92 Å². The molecule has 114 valence electrons. The van der Waals surface area contributed by atoms with Crippen molar-refractivity contribution in [3.63, 3.8) is 0 Å². The summed E-state index contributed by atoms with van der Waals surface area (Å²) in [7, 11) is 2.11. The zero-order valence-electron chi connectivity index (χ0n) is 12.6. The molecule has 0 saturated carbocycles. The minimum Gasteiger partial charge on any atom is -0.341 e. The average molecular weight is 280 g/mol. The fourth-order valence-electron chi connectivity index (χ4n) is 3.92. The number of nitrogens with two attached hydrogens (primary N) is 1. The minimum absolute atomic E-state index is 0.244. The average Bonchev–Trinajstić information content (AvgIpc) is 3.08. The van der Waals surface area contributed by atoms with Crippen LogP contribution in [0.15, 0.2) is 0 Å². The maximum atomic E-state index is 12.5. The molecule has 2 N–H and O–H groups in total. The second-order valence-electron chi connectivity index (χ2n) is 6.85. The number of amides is 1. The first-order valence-corrected chi connectivity index (χ1v) is 8.10. The fraction of sp³-hybridized carbons (Fsp3) is 0.933. The van der Waals surface area contributed by atoms with Crippen LogP contribution >= 0.6 is 0 Å². The van der Waals surface area contributed by atoms with Crippen LogP contribution in [0.2, 0.25) is 0 Å². The van der Waals surface area contributed by atoms with Crippen LogP contribution in [-0.2, 0) is 4.79 Å². The van der Waals surface area contributed by atoms with Gasteiger partial charge in [0.1, 0.15) is 0 Å². The van der Waals surface area contributed by atoms with Gasteiger partial charge in [0.05, 0.1) is 5.92 Å². The van der Waals surface area contributed by atoms with Gasteiger partial charge in [0.2, 0.25) is 5.91 Å². The Balaban J connectivity index is 1.50. The largest absolute Gasteiger partial charge is 0.341 e. The Morgan fingerprint density at radius 2 is 1.75 bits per heavy atom. The normalized spacial score (nSPS) is 34.0. The molecule has 1 amide bonds. The highest BCUT2D eigenvalue weighted by atomic mass is 16.2. The van der Waals surface area contributed by atoms with Crippen molar-refractivity contribution in [2.45, 2.75) is 37.8 Å². The van der Waals surface area contributed by atoms with Gasteiger partial charge in [0.15, 0.2) is 0 Å². The van der Waals surface area contributed by atoms with E-state index in [4.69, 9.17) is 5.73 Å². The van der Waals surface area contributed by atoms with Crippen molar-refractivity contribution in [3.05, 3.63) is 0 Å². The number of carbonyl (C=O) groups is 1. The van der Waals surface area contributed by atoms with E-state index in [9.17, 15) is 4.79 Å². The Labute approximate surface area is 122 Å². The zero-order valence-corrected chi connectivity index (χ0v) is 12.6. The Hall–Kier alpha value is -0.650. The summed E-state index contributed by atoms with van der Waals surface area (Å²) in [6.45, 7) is 6.12. The van der Waals surface area contributed by atoms with Gasteiger partial charge in [0, 0.05) is 31.7 Å². The molecule has 3 heterocycles. The zero-order chi connectivity index (χ0) is 14.1. The van der Waals surface area contributed by atoms with Crippen molar-refractivity contribution in [2.75, 3.05) is 46.3 Å². The summed E-state index contributed by atoms with van der Waals surface area (Å²) >= 11 is 0. The summed E-state index contributed by atoms with van der Waals surface area (Å²) in [6.07, 6.45) is 4.40. The van der Waals surface area contributed by atoms with Gasteiger partial charge < -0.3 is 15.5 Å². The first-order chi connectivity index (χ1) is 9.63. The number of hydrogen-bond donors (Lipinski definition) is 1. The molecule has 0 aliphatic carbocycles. The lowest BCUT2D eigenvalue weighted by Gasteiger charge is -2.34. The Bertz CT molecular complexity index is 354. The molecule has 5 heteroatoms. The predicted octanol–water partition coefficient (Wildman–Crippen LogP) is -0.0379. The van der Waals surface area contributed by atoms with Crippen LogP contribution in [-0.4, -0.2) is 79.0 Å². The van der Waals surface area contributed by atoms with E-state index >= 15 is 0 Å². The first-order valence-electron chi connectivity index (χ1n) is 8.10. The standard InChI is InChI=1S/C15H28N4O/c1-17-6-2-12(10-17)15(20)19-9-5-14(11-19)18-7-3-13(16)4-8-18/h12-14H,2-11,16H2,1H3. The second kappa shape index (κ2) is 6.00. The highest BCUT2D eigenvalue weighted by Gasteiger charge is 2.36. The van der Waals surface area contributed by atoms with Gasteiger partial charge in [-0.1, -0.05) is 0 Å². The van der Waals surface area contributed by atoms with E-state index in [1.54, 1.807) is 0 Å². The number of nitrogens with zero attached hydrogens (tertiary/aromatic N) is 3. The summed E-state index contributed by atoms with van der Waals surface area (Å²) in [6, 6.07) is 0.963. The molecule has 20 heavy (non-hydrogen) atoms.